The zero-order valence-corrected chi connectivity index (χ0v) is 54.7. The number of halogens is 2. The zero-order valence-electron chi connectivity index (χ0n) is 54.7. The monoisotopic (exact) mass is 1320 g/mol. The van der Waals surface area contributed by atoms with Crippen LogP contribution >= 0.6 is 0 Å². The van der Waals surface area contributed by atoms with Crippen molar-refractivity contribution in [2.24, 2.45) is 22.9 Å². The van der Waals surface area contributed by atoms with Gasteiger partial charge in [0.05, 0.1) is 77.3 Å². The lowest BCUT2D eigenvalue weighted by atomic mass is 10.1. The maximum absolute atomic E-state index is 13.8. The molecule has 2 aliphatic rings. The van der Waals surface area contributed by atoms with Gasteiger partial charge >= 0.3 is 0 Å². The van der Waals surface area contributed by atoms with Gasteiger partial charge in [-0.3, -0.25) is 24.0 Å². The smallest absolute Gasteiger partial charge is 0.269 e. The molecule has 96 heavy (non-hydrogen) atoms. The fourth-order valence-corrected chi connectivity index (χ4v) is 10.1. The minimum Gasteiger partial charge on any atom is -0.492 e. The number of primary amides is 3. The van der Waals surface area contributed by atoms with Gasteiger partial charge in [0.25, 0.3) is 29.5 Å². The number of nitrogen functional groups attached to an aromatic ring is 3. The number of nitrogens with two attached hydrogens (primary N) is 7. The van der Waals surface area contributed by atoms with Crippen LogP contribution in [-0.4, -0.2) is 90.9 Å². The minimum atomic E-state index is -0.704. The summed E-state index contributed by atoms with van der Waals surface area (Å²) in [5, 5.41) is 19.1. The van der Waals surface area contributed by atoms with E-state index in [-0.39, 0.29) is 90.1 Å². The SMILES string of the molecule is C.CCOc1cc(CN)ccc1-n1nc(C(C)C)c(N)c1C(N)=O.CCOc1cc(CNC(=O)c2cc(F)ccc2OC2CC2)ccc1-n1nc(C(C)C)c(N)c1C(N)=O.CCOc1cc(CNC(=O)c2cc(F)ccc2OC2CC2)ccc1-n1nc(C(C)C)c(N)c1C(N)=O. The van der Waals surface area contributed by atoms with Crippen LogP contribution in [0.3, 0.4) is 0 Å². The first-order chi connectivity index (χ1) is 45.3. The van der Waals surface area contributed by atoms with Gasteiger partial charge in [-0.2, -0.15) is 15.3 Å². The number of nitrogens with zero attached hydrogens (tertiary/aromatic N) is 6. The van der Waals surface area contributed by atoms with Gasteiger partial charge in [0.2, 0.25) is 0 Å². The van der Waals surface area contributed by atoms with Crippen LogP contribution in [0.25, 0.3) is 17.1 Å². The number of carbonyl (C=O) groups is 5. The van der Waals surface area contributed by atoms with Crippen molar-refractivity contribution in [3.8, 4) is 45.8 Å². The Bertz CT molecular complexity index is 3930. The summed E-state index contributed by atoms with van der Waals surface area (Å²) in [5.41, 5.74) is 47.9. The Labute approximate surface area is 556 Å². The van der Waals surface area contributed by atoms with Gasteiger partial charge in [0.1, 0.15) is 57.4 Å². The molecule has 0 atom stereocenters. The first-order valence-electron chi connectivity index (χ1n) is 31.3. The number of hydrogen-bond donors (Lipinski definition) is 9. The summed E-state index contributed by atoms with van der Waals surface area (Å²) in [6.45, 7) is 19.0. The molecule has 3 aromatic heterocycles. The summed E-state index contributed by atoms with van der Waals surface area (Å²) in [6, 6.07) is 23.8. The lowest BCUT2D eigenvalue weighted by Gasteiger charge is -2.15. The molecule has 0 aliphatic heterocycles. The molecule has 8 aromatic rings. The number of amides is 5. The van der Waals surface area contributed by atoms with Crippen molar-refractivity contribution >= 4 is 46.6 Å². The summed E-state index contributed by atoms with van der Waals surface area (Å²) < 4.78 is 60.7. The van der Waals surface area contributed by atoms with Crippen LogP contribution in [0.1, 0.15) is 199 Å². The minimum absolute atomic E-state index is 0. The summed E-state index contributed by atoms with van der Waals surface area (Å²) in [7, 11) is 0. The van der Waals surface area contributed by atoms with E-state index in [0.717, 1.165) is 42.4 Å². The first kappa shape index (κ1) is 72.7. The maximum atomic E-state index is 13.8. The summed E-state index contributed by atoms with van der Waals surface area (Å²) in [6.07, 6.45) is 3.82. The van der Waals surface area contributed by atoms with Crippen molar-refractivity contribution in [3.63, 3.8) is 0 Å². The Morgan fingerprint density at radius 2 is 0.781 bits per heavy atom. The van der Waals surface area contributed by atoms with E-state index < -0.39 is 41.2 Å². The Hall–Kier alpha value is -10.7. The van der Waals surface area contributed by atoms with Crippen molar-refractivity contribution in [1.82, 2.24) is 40.0 Å². The van der Waals surface area contributed by atoms with Crippen molar-refractivity contribution in [3.05, 3.63) is 165 Å². The molecule has 5 amide bonds. The lowest BCUT2D eigenvalue weighted by molar-refractivity contribution is 0.0937. The van der Waals surface area contributed by atoms with Crippen LogP contribution in [0.15, 0.2) is 91.0 Å². The average Bonchev–Trinajstić information content (AvgIpc) is 1.64. The Balaban J connectivity index is 0.000000208. The number of nitrogens with one attached hydrogen (secondary N) is 2. The van der Waals surface area contributed by atoms with E-state index in [0.29, 0.717) is 94.9 Å². The second-order valence-corrected chi connectivity index (χ2v) is 23.4. The molecule has 0 bridgehead atoms. The number of anilines is 3. The molecule has 0 unspecified atom stereocenters. The molecule has 5 aromatic carbocycles. The van der Waals surface area contributed by atoms with Gasteiger partial charge in [0.15, 0.2) is 17.1 Å². The third-order valence-electron chi connectivity index (χ3n) is 15.0. The van der Waals surface area contributed by atoms with Crippen LogP contribution in [0.2, 0.25) is 0 Å². The van der Waals surface area contributed by atoms with E-state index >= 15 is 0 Å². The molecule has 2 fully saturated rings. The van der Waals surface area contributed by atoms with Gasteiger partial charge in [0, 0.05) is 19.6 Å². The Morgan fingerprint density at radius 3 is 1.05 bits per heavy atom. The van der Waals surface area contributed by atoms with E-state index in [1.807, 2.05) is 74.4 Å². The molecule has 0 saturated heterocycles. The summed E-state index contributed by atoms with van der Waals surface area (Å²) in [5.74, 6) is -1.79. The van der Waals surface area contributed by atoms with E-state index in [4.69, 9.17) is 63.8 Å². The van der Waals surface area contributed by atoms with Crippen molar-refractivity contribution in [1.29, 1.82) is 0 Å². The molecule has 2 aliphatic carbocycles. The largest absolute Gasteiger partial charge is 0.492 e. The number of ether oxygens (including phenoxy) is 5. The first-order valence-corrected chi connectivity index (χ1v) is 31.3. The van der Waals surface area contributed by atoms with Gasteiger partial charge in [-0.1, -0.05) is 67.2 Å². The molecule has 27 heteroatoms. The average molecular weight is 1320 g/mol. The Kier molecular flexibility index (Phi) is 24.2. The second-order valence-electron chi connectivity index (χ2n) is 23.4. The fourth-order valence-electron chi connectivity index (χ4n) is 10.1. The van der Waals surface area contributed by atoms with E-state index in [2.05, 4.69) is 25.9 Å². The molecule has 25 nitrogen and oxygen atoms in total. The van der Waals surface area contributed by atoms with Gasteiger partial charge in [-0.15, -0.1) is 0 Å². The lowest BCUT2D eigenvalue weighted by Crippen LogP contribution is -2.24. The summed E-state index contributed by atoms with van der Waals surface area (Å²) >= 11 is 0. The van der Waals surface area contributed by atoms with Crippen LogP contribution in [-0.2, 0) is 19.6 Å². The summed E-state index contributed by atoms with van der Waals surface area (Å²) in [4.78, 5) is 61.9. The molecular weight excluding hydrogens is 1240 g/mol. The van der Waals surface area contributed by atoms with Crippen molar-refractivity contribution < 1.29 is 56.4 Å². The highest BCUT2D eigenvalue weighted by atomic mass is 19.1. The topological polar surface area (TPSA) is 391 Å². The van der Waals surface area contributed by atoms with Crippen LogP contribution in [0.5, 0.6) is 28.7 Å². The molecule has 16 N–H and O–H groups in total. The number of carbonyl (C=O) groups excluding carboxylic acids is 5. The highest BCUT2D eigenvalue weighted by Crippen LogP contribution is 2.37. The third kappa shape index (κ3) is 17.2. The molecule has 10 rings (SSSR count). The van der Waals surface area contributed by atoms with Gasteiger partial charge < -0.3 is 74.5 Å². The molecule has 0 spiro atoms. The van der Waals surface area contributed by atoms with Crippen LogP contribution < -0.4 is 74.5 Å². The predicted octanol–water partition coefficient (Wildman–Crippen LogP) is 9.54. The number of rotatable bonds is 26. The fraction of sp³-hybridized carbons (Fsp3) is 0.362. The maximum Gasteiger partial charge on any atom is 0.269 e. The number of aromatic nitrogens is 6. The van der Waals surface area contributed by atoms with Crippen molar-refractivity contribution in [2.75, 3.05) is 37.0 Å². The molecule has 2 saturated carbocycles. The standard InChI is InChI=1S/2C26H30FN5O4.C16H23N5O2.CH4/c2*1-4-35-21-11-15(5-9-19(21)32-24(25(29)33)22(28)23(31-32)14(2)3)13-30-26(34)18-12-16(27)6-10-20(18)36-17-7-8-17;1-4-23-12-7-10(8-17)5-6-11(12)21-15(16(19)22)13(18)14(20-21)9(2)3;/h2*5-6,9-12,14,17H,4,7-8,13,28H2,1-3H3,(H2,29,33)(H,30,34);5-7,9H,4,8,17-18H2,1-3H3,(H2,19,22);1H4. The van der Waals surface area contributed by atoms with E-state index in [1.165, 1.54) is 50.4 Å². The number of hydrogen-bond acceptors (Lipinski definition) is 17. The molecule has 0 radical (unpaired) electrons. The van der Waals surface area contributed by atoms with Gasteiger partial charge in [-0.25, -0.2) is 22.8 Å². The van der Waals surface area contributed by atoms with E-state index in [9.17, 15) is 32.8 Å². The highest BCUT2D eigenvalue weighted by Gasteiger charge is 2.30. The normalized spacial score (nSPS) is 12.4. The quantitative estimate of drug-likeness (QED) is 0.0243. The number of benzene rings is 5. The molecular formula is C69H87F2N15O10. The highest BCUT2D eigenvalue weighted by molar-refractivity contribution is 6.00. The Morgan fingerprint density at radius 1 is 0.479 bits per heavy atom. The van der Waals surface area contributed by atoms with Crippen molar-refractivity contribution in [2.45, 2.75) is 145 Å². The third-order valence-corrected chi connectivity index (χ3v) is 15.0. The van der Waals surface area contributed by atoms with Gasteiger partial charge in [-0.05, 0) is 154 Å². The molecule has 3 heterocycles. The van der Waals surface area contributed by atoms with E-state index in [1.54, 1.807) is 42.5 Å². The second kappa shape index (κ2) is 32.0. The molecule has 512 valence electrons. The predicted molar refractivity (Wildman–Crippen MR) is 362 cm³/mol. The van der Waals surface area contributed by atoms with Crippen LogP contribution in [0.4, 0.5) is 25.8 Å². The van der Waals surface area contributed by atoms with Crippen LogP contribution in [0, 0.1) is 11.6 Å². The zero-order chi connectivity index (χ0) is 69.1.